The van der Waals surface area contributed by atoms with E-state index in [0.717, 1.165) is 8.95 Å². The van der Waals surface area contributed by atoms with Gasteiger partial charge in [-0.25, -0.2) is 4.98 Å². The molecular weight excluding hydrogens is 322 g/mol. The second-order valence-electron chi connectivity index (χ2n) is 2.12. The van der Waals surface area contributed by atoms with Gasteiger partial charge in [-0.2, -0.15) is 0 Å². The van der Waals surface area contributed by atoms with Crippen molar-refractivity contribution < 1.29 is 9.90 Å². The van der Waals surface area contributed by atoms with Crippen molar-refractivity contribution >= 4 is 49.6 Å². The summed E-state index contributed by atoms with van der Waals surface area (Å²) in [5, 5.41) is 9.13. The number of carbonyl (C=O) groups is 1. The highest BCUT2D eigenvalue weighted by Crippen LogP contribution is 2.27. The number of thioether (sulfide) groups is 1. The molecule has 1 N–H and O–H groups in total. The molecule has 0 unspecified atom stereocenters. The van der Waals surface area contributed by atoms with Gasteiger partial charge in [0.05, 0.1) is 10.2 Å². The third-order valence-corrected chi connectivity index (χ3v) is 3.40. The van der Waals surface area contributed by atoms with Crippen molar-refractivity contribution in [2.24, 2.45) is 0 Å². The number of carboxylic acid groups (broad SMARTS) is 1. The van der Waals surface area contributed by atoms with Crippen LogP contribution in [0.5, 0.6) is 0 Å². The summed E-state index contributed by atoms with van der Waals surface area (Å²) in [6.45, 7) is 0. The quantitative estimate of drug-likeness (QED) is 0.868. The monoisotopic (exact) mass is 325 g/mol. The summed E-state index contributed by atoms with van der Waals surface area (Å²) < 4.78 is 1.66. The predicted octanol–water partition coefficient (Wildman–Crippen LogP) is 2.78. The van der Waals surface area contributed by atoms with Crippen molar-refractivity contribution in [2.75, 3.05) is 5.75 Å². The van der Waals surface area contributed by atoms with Gasteiger partial charge in [0.15, 0.2) is 0 Å². The van der Waals surface area contributed by atoms with E-state index in [9.17, 15) is 4.79 Å². The first-order valence-corrected chi connectivity index (χ1v) is 5.82. The Morgan fingerprint density at radius 2 is 2.31 bits per heavy atom. The van der Waals surface area contributed by atoms with Crippen LogP contribution in [0.3, 0.4) is 0 Å². The minimum atomic E-state index is -0.846. The number of halogens is 2. The Kier molecular flexibility index (Phi) is 4.21. The molecule has 0 amide bonds. The Balaban J connectivity index is 2.72. The summed E-state index contributed by atoms with van der Waals surface area (Å²) in [6.07, 6.45) is 1.63. The molecule has 13 heavy (non-hydrogen) atoms. The van der Waals surface area contributed by atoms with Crippen LogP contribution in [0, 0.1) is 0 Å². The van der Waals surface area contributed by atoms with Crippen molar-refractivity contribution in [3.63, 3.8) is 0 Å². The van der Waals surface area contributed by atoms with Gasteiger partial charge in [0.25, 0.3) is 0 Å². The molecule has 0 aliphatic rings. The second-order valence-corrected chi connectivity index (χ2v) is 4.86. The second kappa shape index (κ2) is 4.97. The van der Waals surface area contributed by atoms with Crippen molar-refractivity contribution in [1.29, 1.82) is 0 Å². The lowest BCUT2D eigenvalue weighted by molar-refractivity contribution is -0.133. The number of nitrogens with zero attached hydrogens (tertiary/aromatic N) is 1. The van der Waals surface area contributed by atoms with E-state index in [2.05, 4.69) is 36.8 Å². The van der Waals surface area contributed by atoms with Gasteiger partial charge < -0.3 is 5.11 Å². The Labute approximate surface area is 96.2 Å². The first-order valence-electron chi connectivity index (χ1n) is 3.25. The predicted molar refractivity (Wildman–Crippen MR) is 58.0 cm³/mol. The number of aromatic nitrogens is 1. The fourth-order valence-corrected chi connectivity index (χ4v) is 2.55. The van der Waals surface area contributed by atoms with Crippen LogP contribution >= 0.6 is 43.6 Å². The molecule has 0 saturated carbocycles. The third kappa shape index (κ3) is 3.66. The van der Waals surface area contributed by atoms with Crippen LogP contribution in [0.4, 0.5) is 0 Å². The summed E-state index contributed by atoms with van der Waals surface area (Å²) in [5.41, 5.74) is 0. The first-order chi connectivity index (χ1) is 6.09. The molecule has 1 aromatic heterocycles. The maximum Gasteiger partial charge on any atom is 0.313 e. The molecule has 0 bridgehead atoms. The molecule has 0 aromatic carbocycles. The standard InChI is InChI=1S/C7H5Br2NO2S/c8-4-1-5(9)7(10-2-4)13-3-6(11)12/h1-2H,3H2,(H,11,12). The maximum atomic E-state index is 10.3. The normalized spacial score (nSPS) is 10.0. The van der Waals surface area contributed by atoms with Gasteiger partial charge in [0.1, 0.15) is 5.03 Å². The summed E-state index contributed by atoms with van der Waals surface area (Å²) in [4.78, 5) is 14.3. The van der Waals surface area contributed by atoms with Gasteiger partial charge in [-0.3, -0.25) is 4.79 Å². The van der Waals surface area contributed by atoms with Crippen LogP contribution in [0.25, 0.3) is 0 Å². The van der Waals surface area contributed by atoms with Crippen LogP contribution in [-0.4, -0.2) is 21.8 Å². The van der Waals surface area contributed by atoms with Gasteiger partial charge in [0, 0.05) is 10.7 Å². The fraction of sp³-hybridized carbons (Fsp3) is 0.143. The molecule has 0 radical (unpaired) electrons. The van der Waals surface area contributed by atoms with Crippen molar-refractivity contribution in [3.8, 4) is 0 Å². The third-order valence-electron chi connectivity index (χ3n) is 1.11. The van der Waals surface area contributed by atoms with Crippen LogP contribution in [0.2, 0.25) is 0 Å². The van der Waals surface area contributed by atoms with Gasteiger partial charge in [-0.1, -0.05) is 11.8 Å². The Morgan fingerprint density at radius 1 is 1.62 bits per heavy atom. The minimum Gasteiger partial charge on any atom is -0.481 e. The molecule has 0 atom stereocenters. The molecule has 3 nitrogen and oxygen atoms in total. The zero-order valence-corrected chi connectivity index (χ0v) is 10.3. The van der Waals surface area contributed by atoms with Crippen molar-refractivity contribution in [3.05, 3.63) is 21.2 Å². The number of hydrogen-bond acceptors (Lipinski definition) is 3. The zero-order chi connectivity index (χ0) is 9.84. The summed E-state index contributed by atoms with van der Waals surface area (Å²) >= 11 is 7.73. The molecule has 0 fully saturated rings. The largest absolute Gasteiger partial charge is 0.481 e. The van der Waals surface area contributed by atoms with E-state index in [1.54, 1.807) is 6.20 Å². The van der Waals surface area contributed by atoms with Crippen LogP contribution in [0.15, 0.2) is 26.2 Å². The Bertz CT molecular complexity index is 332. The highest BCUT2D eigenvalue weighted by Gasteiger charge is 2.05. The smallest absolute Gasteiger partial charge is 0.313 e. The first kappa shape index (κ1) is 11.0. The van der Waals surface area contributed by atoms with Gasteiger partial charge in [-0.15, -0.1) is 0 Å². The average molecular weight is 327 g/mol. The Hall–Kier alpha value is -0.0700. The van der Waals surface area contributed by atoms with E-state index in [-0.39, 0.29) is 5.75 Å². The lowest BCUT2D eigenvalue weighted by atomic mass is 10.5. The van der Waals surface area contributed by atoms with Crippen LogP contribution in [-0.2, 0) is 4.79 Å². The molecule has 6 heteroatoms. The number of carboxylic acids is 1. The molecule has 70 valence electrons. The van der Waals surface area contributed by atoms with Crippen molar-refractivity contribution in [2.45, 2.75) is 5.03 Å². The van der Waals surface area contributed by atoms with Gasteiger partial charge >= 0.3 is 5.97 Å². The topological polar surface area (TPSA) is 50.2 Å². The number of rotatable bonds is 3. The lowest BCUT2D eigenvalue weighted by Gasteiger charge is -2.00. The number of hydrogen-bond donors (Lipinski definition) is 1. The number of aliphatic carboxylic acids is 1. The molecule has 0 aliphatic heterocycles. The van der Waals surface area contributed by atoms with E-state index < -0.39 is 5.97 Å². The summed E-state index contributed by atoms with van der Waals surface area (Å²) in [7, 11) is 0. The van der Waals surface area contributed by atoms with E-state index in [0.29, 0.717) is 5.03 Å². The minimum absolute atomic E-state index is 0.0211. The highest BCUT2D eigenvalue weighted by atomic mass is 79.9. The molecule has 0 saturated heterocycles. The van der Waals surface area contributed by atoms with Crippen LogP contribution < -0.4 is 0 Å². The van der Waals surface area contributed by atoms with Crippen LogP contribution in [0.1, 0.15) is 0 Å². The maximum absolute atomic E-state index is 10.3. The Morgan fingerprint density at radius 3 is 2.85 bits per heavy atom. The zero-order valence-electron chi connectivity index (χ0n) is 6.33. The van der Waals surface area contributed by atoms with Gasteiger partial charge in [-0.05, 0) is 37.9 Å². The average Bonchev–Trinajstić information content (AvgIpc) is 2.02. The molecule has 0 spiro atoms. The van der Waals surface area contributed by atoms with E-state index >= 15 is 0 Å². The van der Waals surface area contributed by atoms with E-state index in [1.165, 1.54) is 11.8 Å². The molecule has 0 aliphatic carbocycles. The van der Waals surface area contributed by atoms with Gasteiger partial charge in [0.2, 0.25) is 0 Å². The molecule has 1 rings (SSSR count). The van der Waals surface area contributed by atoms with E-state index in [1.807, 2.05) is 6.07 Å². The summed E-state index contributed by atoms with van der Waals surface area (Å²) in [5.74, 6) is -0.825. The lowest BCUT2D eigenvalue weighted by Crippen LogP contribution is -1.98. The van der Waals surface area contributed by atoms with Crippen molar-refractivity contribution in [1.82, 2.24) is 4.98 Å². The summed E-state index contributed by atoms with van der Waals surface area (Å²) in [6, 6.07) is 1.83. The molecular formula is C7H5Br2NO2S. The SMILES string of the molecule is O=C(O)CSc1ncc(Br)cc1Br. The fourth-order valence-electron chi connectivity index (χ4n) is 0.638. The number of pyridine rings is 1. The van der Waals surface area contributed by atoms with E-state index in [4.69, 9.17) is 5.11 Å². The molecule has 1 heterocycles. The highest BCUT2D eigenvalue weighted by molar-refractivity contribution is 9.11. The molecule has 1 aromatic rings.